The fraction of sp³-hybridized carbons (Fsp3) is 0.231. The Kier molecular flexibility index (Phi) is 4.09. The molecular weight excluding hydrogens is 262 g/mol. The molecule has 1 amide bonds. The molecule has 0 bridgehead atoms. The van der Waals surface area contributed by atoms with Crippen molar-refractivity contribution in [1.29, 1.82) is 0 Å². The maximum Gasteiger partial charge on any atom is 0.326 e. The van der Waals surface area contributed by atoms with Gasteiger partial charge >= 0.3 is 5.97 Å². The second-order valence-electron chi connectivity index (χ2n) is 4.19. The summed E-state index contributed by atoms with van der Waals surface area (Å²) in [7, 11) is 0. The van der Waals surface area contributed by atoms with E-state index in [2.05, 4.69) is 20.0 Å². The highest BCUT2D eigenvalue weighted by molar-refractivity contribution is 5.93. The molecule has 7 nitrogen and oxygen atoms in total. The summed E-state index contributed by atoms with van der Waals surface area (Å²) in [6.07, 6.45) is 0.179. The minimum absolute atomic E-state index is 0.179. The molecule has 1 aromatic heterocycles. The van der Waals surface area contributed by atoms with Gasteiger partial charge in [0, 0.05) is 13.3 Å². The Balaban J connectivity index is 2.06. The van der Waals surface area contributed by atoms with Crippen molar-refractivity contribution >= 4 is 11.9 Å². The van der Waals surface area contributed by atoms with Crippen LogP contribution in [0.4, 0.5) is 0 Å². The van der Waals surface area contributed by atoms with Crippen LogP contribution in [-0.2, 0) is 11.2 Å². The van der Waals surface area contributed by atoms with E-state index in [4.69, 9.17) is 5.11 Å². The number of aliphatic carboxylic acids is 1. The number of carbonyl (C=O) groups excluding carboxylic acids is 1. The van der Waals surface area contributed by atoms with Gasteiger partial charge < -0.3 is 14.9 Å². The zero-order valence-corrected chi connectivity index (χ0v) is 10.7. The van der Waals surface area contributed by atoms with Crippen molar-refractivity contribution in [3.05, 3.63) is 47.6 Å². The minimum atomic E-state index is -1.12. The quantitative estimate of drug-likeness (QED) is 0.836. The van der Waals surface area contributed by atoms with Crippen LogP contribution in [0, 0.1) is 6.92 Å². The molecule has 0 aliphatic carbocycles. The lowest BCUT2D eigenvalue weighted by molar-refractivity contribution is -0.139. The van der Waals surface area contributed by atoms with Gasteiger partial charge in [0.15, 0.2) is 0 Å². The van der Waals surface area contributed by atoms with Crippen LogP contribution in [0.1, 0.15) is 22.1 Å². The number of rotatable bonds is 5. The van der Waals surface area contributed by atoms with Crippen LogP contribution >= 0.6 is 0 Å². The van der Waals surface area contributed by atoms with Crippen LogP contribution in [0.5, 0.6) is 0 Å². The molecule has 0 aliphatic heterocycles. The second kappa shape index (κ2) is 5.96. The molecule has 0 saturated heterocycles. The Morgan fingerprint density at radius 1 is 1.35 bits per heavy atom. The highest BCUT2D eigenvalue weighted by Crippen LogP contribution is 2.04. The summed E-state index contributed by atoms with van der Waals surface area (Å²) in [5.74, 6) is -1.74. The molecule has 1 aromatic carbocycles. The molecule has 0 fully saturated rings. The normalized spacial score (nSPS) is 11.8. The number of aromatic nitrogens is 2. The van der Waals surface area contributed by atoms with Crippen molar-refractivity contribution in [3.63, 3.8) is 0 Å². The van der Waals surface area contributed by atoms with Crippen molar-refractivity contribution in [2.24, 2.45) is 0 Å². The maximum absolute atomic E-state index is 11.8. The van der Waals surface area contributed by atoms with Crippen molar-refractivity contribution in [1.82, 2.24) is 15.5 Å². The summed E-state index contributed by atoms with van der Waals surface area (Å²) >= 11 is 0. The summed E-state index contributed by atoms with van der Waals surface area (Å²) in [4.78, 5) is 26.7. The van der Waals surface area contributed by atoms with Gasteiger partial charge in [-0.2, -0.15) is 4.98 Å². The molecule has 1 atom stereocenters. The van der Waals surface area contributed by atoms with Gasteiger partial charge in [-0.25, -0.2) is 4.79 Å². The zero-order valence-electron chi connectivity index (χ0n) is 10.7. The standard InChI is InChI=1S/C13H13N3O4/c1-8-14-11(16-20-8)12(17)15-10(13(18)19)7-9-5-3-2-4-6-9/h2-6,10H,7H2,1H3,(H,15,17)(H,18,19)/t10-/m1/s1. The third kappa shape index (κ3) is 3.41. The van der Waals surface area contributed by atoms with E-state index in [-0.39, 0.29) is 18.1 Å². The average Bonchev–Trinajstić information content (AvgIpc) is 2.86. The Bertz CT molecular complexity index is 609. The average molecular weight is 275 g/mol. The number of hydrogen-bond acceptors (Lipinski definition) is 5. The zero-order chi connectivity index (χ0) is 14.5. The van der Waals surface area contributed by atoms with Crippen LogP contribution < -0.4 is 5.32 Å². The predicted octanol–water partition coefficient (Wildman–Crippen LogP) is 0.804. The Labute approximate surface area is 114 Å². The number of carboxylic acids is 1. The topological polar surface area (TPSA) is 105 Å². The van der Waals surface area contributed by atoms with Gasteiger partial charge in [0.2, 0.25) is 5.89 Å². The molecule has 20 heavy (non-hydrogen) atoms. The number of hydrogen-bond donors (Lipinski definition) is 2. The predicted molar refractivity (Wildman–Crippen MR) is 68.1 cm³/mol. The van der Waals surface area contributed by atoms with E-state index in [0.717, 1.165) is 5.56 Å². The molecule has 0 unspecified atom stereocenters. The Morgan fingerprint density at radius 3 is 2.60 bits per heavy atom. The molecule has 0 aliphatic rings. The van der Waals surface area contributed by atoms with Gasteiger partial charge in [0.25, 0.3) is 11.7 Å². The largest absolute Gasteiger partial charge is 0.480 e. The molecule has 0 spiro atoms. The van der Waals surface area contributed by atoms with E-state index in [9.17, 15) is 9.59 Å². The monoisotopic (exact) mass is 275 g/mol. The molecule has 1 heterocycles. The van der Waals surface area contributed by atoms with Crippen molar-refractivity contribution in [2.75, 3.05) is 0 Å². The molecule has 104 valence electrons. The first-order valence-electron chi connectivity index (χ1n) is 5.94. The fourth-order valence-electron chi connectivity index (χ4n) is 1.66. The number of aryl methyl sites for hydroxylation is 1. The summed E-state index contributed by atoms with van der Waals surface area (Å²) in [6.45, 7) is 1.54. The first kappa shape index (κ1) is 13.7. The maximum atomic E-state index is 11.8. The van der Waals surface area contributed by atoms with E-state index in [1.165, 1.54) is 0 Å². The Morgan fingerprint density at radius 2 is 2.05 bits per heavy atom. The number of amides is 1. The lowest BCUT2D eigenvalue weighted by Crippen LogP contribution is -2.42. The second-order valence-corrected chi connectivity index (χ2v) is 4.19. The van der Waals surface area contributed by atoms with E-state index in [1.54, 1.807) is 31.2 Å². The Hall–Kier alpha value is -2.70. The van der Waals surface area contributed by atoms with Gasteiger partial charge in [-0.15, -0.1) is 0 Å². The minimum Gasteiger partial charge on any atom is -0.480 e. The van der Waals surface area contributed by atoms with E-state index < -0.39 is 17.9 Å². The van der Waals surface area contributed by atoms with E-state index in [1.807, 2.05) is 6.07 Å². The van der Waals surface area contributed by atoms with Gasteiger partial charge in [-0.05, 0) is 5.56 Å². The summed E-state index contributed by atoms with van der Waals surface area (Å²) in [5, 5.41) is 15.0. The number of benzene rings is 1. The summed E-state index contributed by atoms with van der Waals surface area (Å²) in [5.41, 5.74) is 0.810. The van der Waals surface area contributed by atoms with Gasteiger partial charge in [-0.3, -0.25) is 4.79 Å². The van der Waals surface area contributed by atoms with Crippen LogP contribution in [0.15, 0.2) is 34.9 Å². The van der Waals surface area contributed by atoms with Crippen molar-refractivity contribution in [3.8, 4) is 0 Å². The van der Waals surface area contributed by atoms with Crippen LogP contribution in [0.25, 0.3) is 0 Å². The lowest BCUT2D eigenvalue weighted by Gasteiger charge is -2.13. The third-order valence-electron chi connectivity index (χ3n) is 2.62. The number of carboxylic acid groups (broad SMARTS) is 1. The first-order chi connectivity index (χ1) is 9.56. The smallest absolute Gasteiger partial charge is 0.326 e. The van der Waals surface area contributed by atoms with E-state index in [0.29, 0.717) is 0 Å². The number of nitrogens with zero attached hydrogens (tertiary/aromatic N) is 2. The molecule has 2 aromatic rings. The van der Waals surface area contributed by atoms with E-state index >= 15 is 0 Å². The highest BCUT2D eigenvalue weighted by Gasteiger charge is 2.23. The summed E-state index contributed by atoms with van der Waals surface area (Å²) < 4.78 is 4.68. The van der Waals surface area contributed by atoms with Gasteiger partial charge in [0.05, 0.1) is 0 Å². The SMILES string of the molecule is Cc1nc(C(=O)N[C@H](Cc2ccccc2)C(=O)O)no1. The van der Waals surface area contributed by atoms with Crippen molar-refractivity contribution < 1.29 is 19.2 Å². The van der Waals surface area contributed by atoms with Crippen LogP contribution in [0.2, 0.25) is 0 Å². The number of nitrogens with one attached hydrogen (secondary N) is 1. The lowest BCUT2D eigenvalue weighted by atomic mass is 10.1. The van der Waals surface area contributed by atoms with Crippen molar-refractivity contribution in [2.45, 2.75) is 19.4 Å². The third-order valence-corrected chi connectivity index (χ3v) is 2.62. The number of carbonyl (C=O) groups is 2. The molecule has 7 heteroatoms. The van der Waals surface area contributed by atoms with Crippen LogP contribution in [0.3, 0.4) is 0 Å². The molecular formula is C13H13N3O4. The molecule has 2 rings (SSSR count). The molecule has 0 radical (unpaired) electrons. The molecule has 2 N–H and O–H groups in total. The van der Waals surface area contributed by atoms with Gasteiger partial charge in [0.1, 0.15) is 6.04 Å². The summed E-state index contributed by atoms with van der Waals surface area (Å²) in [6, 6.07) is 7.97. The molecule has 0 saturated carbocycles. The fourth-order valence-corrected chi connectivity index (χ4v) is 1.66. The highest BCUT2D eigenvalue weighted by atomic mass is 16.5. The van der Waals surface area contributed by atoms with Gasteiger partial charge in [-0.1, -0.05) is 35.5 Å². The first-order valence-corrected chi connectivity index (χ1v) is 5.94. The van der Waals surface area contributed by atoms with Crippen LogP contribution in [-0.4, -0.2) is 33.2 Å².